The highest BCUT2D eigenvalue weighted by atomic mass is 15.1. The quantitative estimate of drug-likeness (QED) is 0.180. The normalized spacial score (nSPS) is 13.4. The number of anilines is 3. The van der Waals surface area contributed by atoms with Crippen LogP contribution in [0.15, 0.2) is 194 Å². The van der Waals surface area contributed by atoms with Gasteiger partial charge in [0.1, 0.15) is 0 Å². The van der Waals surface area contributed by atoms with E-state index in [-0.39, 0.29) is 0 Å². The van der Waals surface area contributed by atoms with Crippen LogP contribution in [0, 0.1) is 0 Å². The number of nitrogens with zero attached hydrogens (tertiary/aromatic N) is 2. The first-order valence-electron chi connectivity index (χ1n) is 18.4. The summed E-state index contributed by atoms with van der Waals surface area (Å²) in [6, 6.07) is 71.3. The molecule has 2 heteroatoms. The number of hydrogen-bond acceptors (Lipinski definition) is 1. The molecule has 1 spiro atoms. The van der Waals surface area contributed by atoms with Gasteiger partial charge < -0.3 is 9.47 Å². The van der Waals surface area contributed by atoms with Crippen LogP contribution in [-0.4, -0.2) is 4.57 Å². The minimum Gasteiger partial charge on any atom is -0.310 e. The van der Waals surface area contributed by atoms with Crippen molar-refractivity contribution in [1.82, 2.24) is 4.57 Å². The molecule has 2 aliphatic carbocycles. The highest BCUT2D eigenvalue weighted by molar-refractivity contribution is 6.10. The Morgan fingerprint density at radius 1 is 0.358 bits per heavy atom. The second-order valence-electron chi connectivity index (χ2n) is 14.1. The van der Waals surface area contributed by atoms with Gasteiger partial charge in [0.2, 0.25) is 0 Å². The van der Waals surface area contributed by atoms with Crippen LogP contribution < -0.4 is 4.90 Å². The van der Waals surface area contributed by atoms with Gasteiger partial charge in [0, 0.05) is 33.5 Å². The lowest BCUT2D eigenvalue weighted by Crippen LogP contribution is -2.30. The van der Waals surface area contributed by atoms with Crippen molar-refractivity contribution in [3.63, 3.8) is 0 Å². The molecular formula is C51H34N2. The molecule has 0 saturated heterocycles. The fraction of sp³-hybridized carbons (Fsp3) is 0.0196. The third-order valence-corrected chi connectivity index (χ3v) is 11.4. The maximum absolute atomic E-state index is 2.47. The van der Waals surface area contributed by atoms with Crippen molar-refractivity contribution in [2.45, 2.75) is 5.41 Å². The van der Waals surface area contributed by atoms with E-state index in [2.05, 4.69) is 216 Å². The lowest BCUT2D eigenvalue weighted by molar-refractivity contribution is 0.766. The Kier molecular flexibility index (Phi) is 6.50. The summed E-state index contributed by atoms with van der Waals surface area (Å²) >= 11 is 0. The predicted octanol–water partition coefficient (Wildman–Crippen LogP) is 13.1. The van der Waals surface area contributed by atoms with Crippen molar-refractivity contribution in [3.05, 3.63) is 228 Å². The van der Waals surface area contributed by atoms with E-state index >= 15 is 0 Å². The first-order valence-corrected chi connectivity index (χ1v) is 18.4. The Labute approximate surface area is 309 Å². The molecule has 0 saturated carbocycles. The van der Waals surface area contributed by atoms with Gasteiger partial charge in [-0.2, -0.15) is 0 Å². The van der Waals surface area contributed by atoms with E-state index in [0.29, 0.717) is 0 Å². The van der Waals surface area contributed by atoms with Gasteiger partial charge in [-0.15, -0.1) is 0 Å². The van der Waals surface area contributed by atoms with E-state index in [9.17, 15) is 0 Å². The van der Waals surface area contributed by atoms with Crippen molar-refractivity contribution >= 4 is 51.0 Å². The van der Waals surface area contributed by atoms with E-state index in [1.165, 1.54) is 66.3 Å². The van der Waals surface area contributed by atoms with E-state index in [1.54, 1.807) is 0 Å². The fourth-order valence-electron chi connectivity index (χ4n) is 9.26. The summed E-state index contributed by atoms with van der Waals surface area (Å²) < 4.78 is 2.38. The van der Waals surface area contributed by atoms with Gasteiger partial charge in [-0.25, -0.2) is 0 Å². The van der Waals surface area contributed by atoms with Gasteiger partial charge in [-0.3, -0.25) is 0 Å². The van der Waals surface area contributed by atoms with Gasteiger partial charge in [0.05, 0.1) is 16.4 Å². The summed E-state index contributed by atoms with van der Waals surface area (Å²) in [6.07, 6.45) is 4.59. The molecule has 9 aromatic rings. The Hall–Kier alpha value is -6.90. The second-order valence-corrected chi connectivity index (χ2v) is 14.1. The third-order valence-electron chi connectivity index (χ3n) is 11.4. The van der Waals surface area contributed by atoms with E-state index < -0.39 is 5.41 Å². The Morgan fingerprint density at radius 2 is 0.906 bits per heavy atom. The standard InChI is InChI=1S/C51H34N2/c1-3-17-37(18-4-1)52(39-30-32-50-44(33-39)43-22-10-14-26-49(43)53(50)38-19-5-2-6-20-38)40-29-31-42-41-21-9-13-25-47(41)51(48(42)34-40)45-23-11-7-15-35(45)27-28-36-16-8-12-24-46(36)51/h1-34H. The molecule has 0 N–H and O–H groups in total. The monoisotopic (exact) mass is 674 g/mol. The third kappa shape index (κ3) is 4.27. The molecule has 0 unspecified atom stereocenters. The average Bonchev–Trinajstić information content (AvgIpc) is 3.65. The summed E-state index contributed by atoms with van der Waals surface area (Å²) in [5, 5.41) is 2.47. The van der Waals surface area contributed by atoms with Gasteiger partial charge in [0.15, 0.2) is 0 Å². The van der Waals surface area contributed by atoms with Crippen molar-refractivity contribution in [3.8, 4) is 16.8 Å². The van der Waals surface area contributed by atoms with Crippen molar-refractivity contribution in [2.24, 2.45) is 0 Å². The van der Waals surface area contributed by atoms with E-state index in [4.69, 9.17) is 0 Å². The summed E-state index contributed by atoms with van der Waals surface area (Å²) in [4.78, 5) is 2.43. The van der Waals surface area contributed by atoms with E-state index in [0.717, 1.165) is 22.7 Å². The number of benzene rings is 8. The average molecular weight is 675 g/mol. The highest BCUT2D eigenvalue weighted by Crippen LogP contribution is 2.59. The van der Waals surface area contributed by atoms with Crippen LogP contribution in [0.1, 0.15) is 33.4 Å². The first kappa shape index (κ1) is 29.8. The number of aromatic nitrogens is 1. The predicted molar refractivity (Wildman–Crippen MR) is 222 cm³/mol. The molecule has 1 heterocycles. The maximum atomic E-state index is 2.47. The van der Waals surface area contributed by atoms with Crippen molar-refractivity contribution in [1.29, 1.82) is 0 Å². The zero-order valence-corrected chi connectivity index (χ0v) is 29.0. The molecule has 0 bridgehead atoms. The van der Waals surface area contributed by atoms with Gasteiger partial charge in [0.25, 0.3) is 0 Å². The number of fused-ring (bicyclic) bond motifs is 12. The Morgan fingerprint density at radius 3 is 1.66 bits per heavy atom. The largest absolute Gasteiger partial charge is 0.310 e. The molecular weight excluding hydrogens is 641 g/mol. The topological polar surface area (TPSA) is 8.17 Å². The summed E-state index contributed by atoms with van der Waals surface area (Å²) in [5.74, 6) is 0. The Bertz CT molecular complexity index is 2850. The highest BCUT2D eigenvalue weighted by Gasteiger charge is 2.48. The lowest BCUT2D eigenvalue weighted by atomic mass is 9.66. The molecule has 2 nitrogen and oxygen atoms in total. The molecule has 1 aromatic heterocycles. The molecule has 0 amide bonds. The zero-order chi connectivity index (χ0) is 34.9. The molecule has 0 atom stereocenters. The molecule has 53 heavy (non-hydrogen) atoms. The van der Waals surface area contributed by atoms with Crippen LogP contribution in [0.2, 0.25) is 0 Å². The zero-order valence-electron chi connectivity index (χ0n) is 29.0. The van der Waals surface area contributed by atoms with Crippen molar-refractivity contribution < 1.29 is 0 Å². The minimum atomic E-state index is -0.492. The Balaban J connectivity index is 1.19. The van der Waals surface area contributed by atoms with Crippen LogP contribution in [0.4, 0.5) is 17.1 Å². The summed E-state index contributed by atoms with van der Waals surface area (Å²) in [5.41, 5.74) is 16.8. The summed E-state index contributed by atoms with van der Waals surface area (Å²) in [7, 11) is 0. The molecule has 248 valence electrons. The van der Waals surface area contributed by atoms with Gasteiger partial charge in [-0.05, 0) is 105 Å². The molecule has 0 aliphatic heterocycles. The second kappa shape index (κ2) is 11.6. The summed E-state index contributed by atoms with van der Waals surface area (Å²) in [6.45, 7) is 0. The molecule has 0 fully saturated rings. The van der Waals surface area contributed by atoms with Crippen LogP contribution in [0.5, 0.6) is 0 Å². The van der Waals surface area contributed by atoms with Crippen molar-refractivity contribution in [2.75, 3.05) is 4.90 Å². The number of rotatable bonds is 4. The minimum absolute atomic E-state index is 0.492. The fourth-order valence-corrected chi connectivity index (χ4v) is 9.26. The van der Waals surface area contributed by atoms with Crippen LogP contribution in [-0.2, 0) is 5.41 Å². The van der Waals surface area contributed by atoms with Gasteiger partial charge >= 0.3 is 0 Å². The molecule has 2 aliphatic rings. The van der Waals surface area contributed by atoms with Crippen LogP contribution in [0.25, 0.3) is 50.8 Å². The first-order chi connectivity index (χ1) is 26.3. The van der Waals surface area contributed by atoms with Crippen LogP contribution in [0.3, 0.4) is 0 Å². The molecule has 8 aromatic carbocycles. The van der Waals surface area contributed by atoms with E-state index in [1.807, 2.05) is 0 Å². The molecule has 0 radical (unpaired) electrons. The number of hydrogen-bond donors (Lipinski definition) is 0. The smallest absolute Gasteiger partial charge is 0.0725 e. The lowest BCUT2D eigenvalue weighted by Gasteiger charge is -2.36. The van der Waals surface area contributed by atoms with Crippen LogP contribution >= 0.6 is 0 Å². The maximum Gasteiger partial charge on any atom is 0.0725 e. The molecule has 11 rings (SSSR count). The van der Waals surface area contributed by atoms with Gasteiger partial charge in [-0.1, -0.05) is 146 Å². The number of para-hydroxylation sites is 3. The SMILES string of the molecule is C1=Cc2ccccc2C2(c3ccccc31)c1ccccc1-c1ccc(N(c3ccccc3)c3ccc4c(c3)c3ccccc3n4-c3ccccc3)cc12.